The number of amides is 1. The maximum Gasteiger partial charge on any atom is 0.253 e. The molecule has 3 aromatic rings. The molecule has 8 nitrogen and oxygen atoms in total. The largest absolute Gasteiger partial charge is 0.479 e. The maximum absolute atomic E-state index is 13.8. The Morgan fingerprint density at radius 3 is 2.76 bits per heavy atom. The standard InChI is InChI=1S/C20H21FN6O2/c1-29-20-17(21)8-13(9-23-20)19(28)26-15-2-4-16(5-3-15)27-11-14(10-25-27)18-6-7-22-12-24-18/h6-12,15-16H,2-5H2,1H3,(H,26,28). The van der Waals surface area contributed by atoms with E-state index in [1.165, 1.54) is 19.6 Å². The number of carbonyl (C=O) groups is 1. The molecule has 1 fully saturated rings. The van der Waals surface area contributed by atoms with E-state index < -0.39 is 5.82 Å². The van der Waals surface area contributed by atoms with Gasteiger partial charge in [-0.15, -0.1) is 0 Å². The first kappa shape index (κ1) is 19.0. The Morgan fingerprint density at radius 1 is 1.24 bits per heavy atom. The van der Waals surface area contributed by atoms with E-state index >= 15 is 0 Å². The highest BCUT2D eigenvalue weighted by Gasteiger charge is 2.25. The summed E-state index contributed by atoms with van der Waals surface area (Å²) in [5.74, 6) is -1.10. The zero-order valence-corrected chi connectivity index (χ0v) is 16.0. The molecular weight excluding hydrogens is 375 g/mol. The molecule has 29 heavy (non-hydrogen) atoms. The van der Waals surface area contributed by atoms with Crippen LogP contribution in [0.1, 0.15) is 42.1 Å². The lowest BCUT2D eigenvalue weighted by molar-refractivity contribution is 0.0920. The number of nitrogens with zero attached hydrogens (tertiary/aromatic N) is 5. The Balaban J connectivity index is 1.33. The van der Waals surface area contributed by atoms with Crippen molar-refractivity contribution >= 4 is 5.91 Å². The molecule has 0 bridgehead atoms. The van der Waals surface area contributed by atoms with Crippen LogP contribution < -0.4 is 10.1 Å². The fraction of sp³-hybridized carbons (Fsp3) is 0.350. The molecule has 0 radical (unpaired) electrons. The molecular formula is C20H21FN6O2. The topological polar surface area (TPSA) is 94.8 Å². The molecule has 0 spiro atoms. The van der Waals surface area contributed by atoms with Crippen molar-refractivity contribution in [3.05, 3.63) is 54.6 Å². The molecule has 9 heteroatoms. The molecule has 0 aliphatic heterocycles. The molecule has 1 saturated carbocycles. The molecule has 0 saturated heterocycles. The zero-order valence-electron chi connectivity index (χ0n) is 16.0. The van der Waals surface area contributed by atoms with Crippen molar-refractivity contribution in [1.82, 2.24) is 30.0 Å². The van der Waals surface area contributed by atoms with Gasteiger partial charge >= 0.3 is 0 Å². The van der Waals surface area contributed by atoms with Crippen LogP contribution in [0.3, 0.4) is 0 Å². The Labute approximate surface area is 167 Å². The van der Waals surface area contributed by atoms with Gasteiger partial charge in [0.15, 0.2) is 5.82 Å². The second-order valence-corrected chi connectivity index (χ2v) is 7.00. The summed E-state index contributed by atoms with van der Waals surface area (Å²) < 4.78 is 20.5. The van der Waals surface area contributed by atoms with Crippen LogP contribution in [0, 0.1) is 5.82 Å². The number of ether oxygens (including phenoxy) is 1. The van der Waals surface area contributed by atoms with E-state index in [1.807, 2.05) is 16.9 Å². The highest BCUT2D eigenvalue weighted by atomic mass is 19.1. The summed E-state index contributed by atoms with van der Waals surface area (Å²) in [6, 6.07) is 3.32. The van der Waals surface area contributed by atoms with Crippen LogP contribution in [0.15, 0.2) is 43.2 Å². The predicted octanol–water partition coefficient (Wildman–Crippen LogP) is 2.80. The normalized spacial score (nSPS) is 19.0. The van der Waals surface area contributed by atoms with Crippen molar-refractivity contribution in [3.8, 4) is 17.1 Å². The zero-order chi connectivity index (χ0) is 20.2. The number of pyridine rings is 1. The molecule has 0 unspecified atom stereocenters. The van der Waals surface area contributed by atoms with Gasteiger partial charge in [0.1, 0.15) is 6.33 Å². The fourth-order valence-electron chi connectivity index (χ4n) is 3.58. The van der Waals surface area contributed by atoms with Crippen molar-refractivity contribution in [2.45, 2.75) is 37.8 Å². The number of methoxy groups -OCH3 is 1. The van der Waals surface area contributed by atoms with Gasteiger partial charge in [0.2, 0.25) is 5.88 Å². The molecule has 0 atom stereocenters. The van der Waals surface area contributed by atoms with Gasteiger partial charge in [0, 0.05) is 30.2 Å². The minimum Gasteiger partial charge on any atom is -0.479 e. The fourth-order valence-corrected chi connectivity index (χ4v) is 3.58. The van der Waals surface area contributed by atoms with E-state index in [1.54, 1.807) is 12.4 Å². The number of carbonyl (C=O) groups excluding carboxylic acids is 1. The van der Waals surface area contributed by atoms with Gasteiger partial charge in [-0.1, -0.05) is 0 Å². The van der Waals surface area contributed by atoms with E-state index in [0.29, 0.717) is 0 Å². The Morgan fingerprint density at radius 2 is 2.07 bits per heavy atom. The van der Waals surface area contributed by atoms with Crippen molar-refractivity contribution in [2.75, 3.05) is 7.11 Å². The lowest BCUT2D eigenvalue weighted by atomic mass is 9.91. The summed E-state index contributed by atoms with van der Waals surface area (Å²) in [5, 5.41) is 7.45. The first-order chi connectivity index (χ1) is 14.1. The number of hydrogen-bond acceptors (Lipinski definition) is 6. The molecule has 1 aliphatic rings. The minimum absolute atomic E-state index is 0.0424. The molecule has 3 heterocycles. The van der Waals surface area contributed by atoms with Crippen LogP contribution in [0.2, 0.25) is 0 Å². The summed E-state index contributed by atoms with van der Waals surface area (Å²) in [6.07, 6.45) is 11.8. The van der Waals surface area contributed by atoms with Gasteiger partial charge in [-0.2, -0.15) is 5.10 Å². The SMILES string of the molecule is COc1ncc(C(=O)NC2CCC(n3cc(-c4ccncn4)cn3)CC2)cc1F. The molecule has 0 aromatic carbocycles. The highest BCUT2D eigenvalue weighted by molar-refractivity contribution is 5.94. The average molecular weight is 396 g/mol. The predicted molar refractivity (Wildman–Crippen MR) is 103 cm³/mol. The molecule has 3 aromatic heterocycles. The summed E-state index contributed by atoms with van der Waals surface area (Å²) in [4.78, 5) is 24.4. The molecule has 1 aliphatic carbocycles. The van der Waals surface area contributed by atoms with Gasteiger partial charge < -0.3 is 10.1 Å². The minimum atomic E-state index is -0.651. The van der Waals surface area contributed by atoms with Gasteiger partial charge in [-0.3, -0.25) is 9.48 Å². The summed E-state index contributed by atoms with van der Waals surface area (Å²) >= 11 is 0. The lowest BCUT2D eigenvalue weighted by Gasteiger charge is -2.29. The molecule has 4 rings (SSSR count). The van der Waals surface area contributed by atoms with Crippen molar-refractivity contribution in [3.63, 3.8) is 0 Å². The van der Waals surface area contributed by atoms with Crippen LogP contribution in [0.4, 0.5) is 4.39 Å². The second kappa shape index (κ2) is 8.34. The molecule has 1 amide bonds. The van der Waals surface area contributed by atoms with Gasteiger partial charge in [0.05, 0.1) is 30.6 Å². The van der Waals surface area contributed by atoms with E-state index in [0.717, 1.165) is 43.0 Å². The second-order valence-electron chi connectivity index (χ2n) is 7.00. The molecule has 1 N–H and O–H groups in total. The first-order valence-corrected chi connectivity index (χ1v) is 9.45. The van der Waals surface area contributed by atoms with Crippen molar-refractivity contribution < 1.29 is 13.9 Å². The van der Waals surface area contributed by atoms with E-state index in [9.17, 15) is 9.18 Å². The number of aromatic nitrogens is 5. The Kier molecular flexibility index (Phi) is 5.46. The van der Waals surface area contributed by atoms with E-state index in [-0.39, 0.29) is 29.4 Å². The van der Waals surface area contributed by atoms with Crippen LogP contribution in [-0.4, -0.2) is 43.8 Å². The van der Waals surface area contributed by atoms with Gasteiger partial charge in [-0.25, -0.2) is 19.3 Å². The van der Waals surface area contributed by atoms with Crippen molar-refractivity contribution in [1.29, 1.82) is 0 Å². The number of hydrogen-bond donors (Lipinski definition) is 1. The van der Waals surface area contributed by atoms with Crippen LogP contribution >= 0.6 is 0 Å². The van der Waals surface area contributed by atoms with Gasteiger partial charge in [-0.05, 0) is 37.8 Å². The monoisotopic (exact) mass is 396 g/mol. The third-order valence-electron chi connectivity index (χ3n) is 5.15. The first-order valence-electron chi connectivity index (χ1n) is 9.45. The highest BCUT2D eigenvalue weighted by Crippen LogP contribution is 2.29. The number of halogens is 1. The summed E-state index contributed by atoms with van der Waals surface area (Å²) in [7, 11) is 1.33. The van der Waals surface area contributed by atoms with Crippen LogP contribution in [0.25, 0.3) is 11.3 Å². The lowest BCUT2D eigenvalue weighted by Crippen LogP contribution is -2.38. The van der Waals surface area contributed by atoms with E-state index in [2.05, 4.69) is 25.4 Å². The quantitative estimate of drug-likeness (QED) is 0.713. The average Bonchev–Trinajstić information content (AvgIpc) is 3.25. The Bertz CT molecular complexity index is 986. The van der Waals surface area contributed by atoms with Gasteiger partial charge in [0.25, 0.3) is 5.91 Å². The summed E-state index contributed by atoms with van der Waals surface area (Å²) in [6.45, 7) is 0. The molecule has 150 valence electrons. The third-order valence-corrected chi connectivity index (χ3v) is 5.15. The smallest absolute Gasteiger partial charge is 0.253 e. The van der Waals surface area contributed by atoms with Crippen LogP contribution in [0.5, 0.6) is 5.88 Å². The Hall–Kier alpha value is -3.36. The summed E-state index contributed by atoms with van der Waals surface area (Å²) in [5.41, 5.74) is 1.98. The van der Waals surface area contributed by atoms with E-state index in [4.69, 9.17) is 4.74 Å². The number of rotatable bonds is 5. The van der Waals surface area contributed by atoms with Crippen molar-refractivity contribution in [2.24, 2.45) is 0 Å². The van der Waals surface area contributed by atoms with Crippen LogP contribution in [-0.2, 0) is 0 Å². The maximum atomic E-state index is 13.8. The number of nitrogens with one attached hydrogen (secondary N) is 1. The third kappa shape index (κ3) is 4.23.